The van der Waals surface area contributed by atoms with E-state index in [4.69, 9.17) is 10.8 Å². The van der Waals surface area contributed by atoms with E-state index in [9.17, 15) is 4.79 Å². The summed E-state index contributed by atoms with van der Waals surface area (Å²) in [4.78, 5) is 10.5. The molecule has 0 aliphatic heterocycles. The summed E-state index contributed by atoms with van der Waals surface area (Å²) in [6.07, 6.45) is 5.93. The zero-order valence-electron chi connectivity index (χ0n) is 10.5. The molecule has 0 fully saturated rings. The third-order valence-corrected chi connectivity index (χ3v) is 2.71. The van der Waals surface area contributed by atoms with Crippen LogP contribution in [0.3, 0.4) is 0 Å². The predicted octanol–water partition coefficient (Wildman–Crippen LogP) is 1.74. The lowest BCUT2D eigenvalue weighted by Crippen LogP contribution is -2.32. The van der Waals surface area contributed by atoms with Crippen LogP contribution in [0, 0.1) is 0 Å². The Balaban J connectivity index is 3.70. The molecule has 0 saturated carbocycles. The molecule has 1 unspecified atom stereocenters. The second-order valence-electron chi connectivity index (χ2n) is 4.32. The van der Waals surface area contributed by atoms with E-state index in [2.05, 4.69) is 19.2 Å². The van der Waals surface area contributed by atoms with Crippen LogP contribution in [0.5, 0.6) is 0 Å². The van der Waals surface area contributed by atoms with Crippen LogP contribution in [0.4, 0.5) is 0 Å². The zero-order valence-corrected chi connectivity index (χ0v) is 10.5. The summed E-state index contributed by atoms with van der Waals surface area (Å²) >= 11 is 0. The summed E-state index contributed by atoms with van der Waals surface area (Å²) in [5.41, 5.74) is 5.46. The lowest BCUT2D eigenvalue weighted by molar-refractivity contribution is -0.138. The van der Waals surface area contributed by atoms with Gasteiger partial charge in [0, 0.05) is 6.04 Å². The number of nitrogens with one attached hydrogen (secondary N) is 1. The fourth-order valence-corrected chi connectivity index (χ4v) is 1.75. The summed E-state index contributed by atoms with van der Waals surface area (Å²) in [5, 5.41) is 12.1. The first kappa shape index (κ1) is 15.4. The van der Waals surface area contributed by atoms with Gasteiger partial charge >= 0.3 is 5.97 Å². The molecule has 0 aromatic rings. The van der Waals surface area contributed by atoms with Gasteiger partial charge in [0.25, 0.3) is 0 Å². The highest BCUT2D eigenvalue weighted by Gasteiger charge is 2.12. The molecule has 0 spiro atoms. The van der Waals surface area contributed by atoms with Crippen LogP contribution in [-0.2, 0) is 4.79 Å². The number of rotatable bonds is 10. The lowest BCUT2D eigenvalue weighted by atomic mass is 10.0. The van der Waals surface area contributed by atoms with Crippen molar-refractivity contribution in [2.75, 3.05) is 6.54 Å². The Kier molecular flexibility index (Phi) is 9.24. The molecular weight excluding hydrogens is 204 g/mol. The molecule has 4 N–H and O–H groups in total. The van der Waals surface area contributed by atoms with E-state index in [1.54, 1.807) is 0 Å². The topological polar surface area (TPSA) is 75.3 Å². The number of carboxylic acid groups (broad SMARTS) is 1. The molecule has 0 rings (SSSR count). The molecular formula is C12H26N2O2. The Bertz CT molecular complexity index is 186. The number of hydrogen-bond donors (Lipinski definition) is 3. The van der Waals surface area contributed by atoms with Crippen molar-refractivity contribution < 1.29 is 9.90 Å². The number of nitrogens with two attached hydrogens (primary N) is 1. The summed E-state index contributed by atoms with van der Waals surface area (Å²) in [6.45, 7) is 5.36. The monoisotopic (exact) mass is 230 g/mol. The minimum Gasteiger partial charge on any atom is -0.480 e. The standard InChI is InChI=1S/C12H26N2O2/c1-3-6-10(14-9-4-2)7-5-8-11(13)12(15)16/h10-11,14H,3-9,13H2,1-2H3,(H,15,16)/t10?,11-/m0/s1. The van der Waals surface area contributed by atoms with Gasteiger partial charge in [-0.2, -0.15) is 0 Å². The van der Waals surface area contributed by atoms with Gasteiger partial charge in [0.15, 0.2) is 0 Å². The smallest absolute Gasteiger partial charge is 0.320 e. The van der Waals surface area contributed by atoms with Crippen LogP contribution in [0.2, 0.25) is 0 Å². The van der Waals surface area contributed by atoms with Gasteiger partial charge in [-0.05, 0) is 38.6 Å². The molecule has 0 heterocycles. The van der Waals surface area contributed by atoms with E-state index in [0.717, 1.165) is 38.6 Å². The fourth-order valence-electron chi connectivity index (χ4n) is 1.75. The summed E-state index contributed by atoms with van der Waals surface area (Å²) < 4.78 is 0. The van der Waals surface area contributed by atoms with Crippen molar-refractivity contribution in [1.29, 1.82) is 0 Å². The quantitative estimate of drug-likeness (QED) is 0.534. The van der Waals surface area contributed by atoms with Gasteiger partial charge in [-0.1, -0.05) is 20.3 Å². The first-order chi connectivity index (χ1) is 7.61. The predicted molar refractivity (Wildman–Crippen MR) is 66.5 cm³/mol. The molecule has 0 aromatic carbocycles. The largest absolute Gasteiger partial charge is 0.480 e. The van der Waals surface area contributed by atoms with Crippen molar-refractivity contribution in [1.82, 2.24) is 5.32 Å². The highest BCUT2D eigenvalue weighted by molar-refractivity contribution is 5.72. The van der Waals surface area contributed by atoms with Gasteiger partial charge in [0.05, 0.1) is 0 Å². The maximum Gasteiger partial charge on any atom is 0.320 e. The molecule has 0 aliphatic rings. The number of hydrogen-bond acceptors (Lipinski definition) is 3. The molecule has 0 amide bonds. The minimum absolute atomic E-state index is 0.519. The van der Waals surface area contributed by atoms with Crippen LogP contribution < -0.4 is 11.1 Å². The molecule has 2 atom stereocenters. The number of carbonyl (C=O) groups is 1. The van der Waals surface area contributed by atoms with E-state index in [-0.39, 0.29) is 0 Å². The third-order valence-electron chi connectivity index (χ3n) is 2.71. The van der Waals surface area contributed by atoms with E-state index in [1.807, 2.05) is 0 Å². The zero-order chi connectivity index (χ0) is 12.4. The highest BCUT2D eigenvalue weighted by atomic mass is 16.4. The van der Waals surface area contributed by atoms with E-state index < -0.39 is 12.0 Å². The lowest BCUT2D eigenvalue weighted by Gasteiger charge is -2.18. The molecule has 0 aliphatic carbocycles. The van der Waals surface area contributed by atoms with Crippen molar-refractivity contribution in [2.24, 2.45) is 5.73 Å². The molecule has 0 bridgehead atoms. The molecule has 0 saturated heterocycles. The first-order valence-corrected chi connectivity index (χ1v) is 6.33. The maximum atomic E-state index is 10.5. The average Bonchev–Trinajstić information content (AvgIpc) is 2.25. The van der Waals surface area contributed by atoms with Gasteiger partial charge in [0.2, 0.25) is 0 Å². The number of carboxylic acids is 1. The Labute approximate surface area is 98.6 Å². The van der Waals surface area contributed by atoms with Crippen molar-refractivity contribution in [3.63, 3.8) is 0 Å². The van der Waals surface area contributed by atoms with Crippen LogP contribution in [0.1, 0.15) is 52.4 Å². The molecule has 96 valence electrons. The van der Waals surface area contributed by atoms with Gasteiger partial charge < -0.3 is 16.2 Å². The Hall–Kier alpha value is -0.610. The second kappa shape index (κ2) is 9.60. The SMILES string of the molecule is CCCNC(CCC)CCC[C@H](N)C(=O)O. The molecule has 0 radical (unpaired) electrons. The van der Waals surface area contributed by atoms with Crippen LogP contribution >= 0.6 is 0 Å². The van der Waals surface area contributed by atoms with Gasteiger partial charge in [-0.25, -0.2) is 0 Å². The average molecular weight is 230 g/mol. The van der Waals surface area contributed by atoms with Crippen molar-refractivity contribution in [3.8, 4) is 0 Å². The molecule has 4 heteroatoms. The van der Waals surface area contributed by atoms with Crippen molar-refractivity contribution in [3.05, 3.63) is 0 Å². The Morgan fingerprint density at radius 2 is 1.94 bits per heavy atom. The van der Waals surface area contributed by atoms with Crippen molar-refractivity contribution in [2.45, 2.75) is 64.5 Å². The van der Waals surface area contributed by atoms with E-state index in [0.29, 0.717) is 12.5 Å². The third kappa shape index (κ3) is 7.65. The first-order valence-electron chi connectivity index (χ1n) is 6.33. The van der Waals surface area contributed by atoms with E-state index in [1.165, 1.54) is 0 Å². The van der Waals surface area contributed by atoms with Crippen LogP contribution in [-0.4, -0.2) is 29.7 Å². The van der Waals surface area contributed by atoms with Crippen molar-refractivity contribution >= 4 is 5.97 Å². The normalized spacial score (nSPS) is 14.7. The molecule has 4 nitrogen and oxygen atoms in total. The minimum atomic E-state index is -0.895. The second-order valence-corrected chi connectivity index (χ2v) is 4.32. The molecule has 16 heavy (non-hydrogen) atoms. The van der Waals surface area contributed by atoms with Gasteiger partial charge in [0.1, 0.15) is 6.04 Å². The van der Waals surface area contributed by atoms with E-state index >= 15 is 0 Å². The number of aliphatic carboxylic acids is 1. The summed E-state index contributed by atoms with van der Waals surface area (Å²) in [6, 6.07) is -0.181. The summed E-state index contributed by atoms with van der Waals surface area (Å²) in [7, 11) is 0. The van der Waals surface area contributed by atoms with Crippen LogP contribution in [0.25, 0.3) is 0 Å². The molecule has 0 aromatic heterocycles. The highest BCUT2D eigenvalue weighted by Crippen LogP contribution is 2.08. The van der Waals surface area contributed by atoms with Crippen LogP contribution in [0.15, 0.2) is 0 Å². The fraction of sp³-hybridized carbons (Fsp3) is 0.917. The van der Waals surface area contributed by atoms with Gasteiger partial charge in [-0.3, -0.25) is 4.79 Å². The summed E-state index contributed by atoms with van der Waals surface area (Å²) in [5.74, 6) is -0.895. The van der Waals surface area contributed by atoms with Gasteiger partial charge in [-0.15, -0.1) is 0 Å². The Morgan fingerprint density at radius 3 is 2.44 bits per heavy atom. The Morgan fingerprint density at radius 1 is 1.25 bits per heavy atom. The maximum absolute atomic E-state index is 10.5.